The second-order valence-corrected chi connectivity index (χ2v) is 4.35. The van der Waals surface area contributed by atoms with Crippen LogP contribution in [0.25, 0.3) is 0 Å². The van der Waals surface area contributed by atoms with Gasteiger partial charge in [-0.05, 0) is 0 Å². The molecule has 0 radical (unpaired) electrons. The number of rotatable bonds is 2. The summed E-state index contributed by atoms with van der Waals surface area (Å²) in [6.45, 7) is 0.104. The number of carbonyl (C=O) groups is 2. The summed E-state index contributed by atoms with van der Waals surface area (Å²) in [5.74, 6) is -2.80. The zero-order chi connectivity index (χ0) is 15.6. The lowest BCUT2D eigenvalue weighted by Gasteiger charge is -2.34. The first-order valence-corrected chi connectivity index (χ1v) is 5.95. The Labute approximate surface area is 117 Å². The molecular formula is C11H11F3N4O3. The van der Waals surface area contributed by atoms with Crippen LogP contribution in [0.3, 0.4) is 0 Å². The summed E-state index contributed by atoms with van der Waals surface area (Å²) < 4.78 is 36.9. The molecule has 7 nitrogen and oxygen atoms in total. The SMILES string of the molecule is O=C(O)c1cnc(N2CCN(C(=O)C(F)(F)F)CC2)nc1. The summed E-state index contributed by atoms with van der Waals surface area (Å²) >= 11 is 0. The van der Waals surface area contributed by atoms with Crippen molar-refractivity contribution in [3.63, 3.8) is 0 Å². The van der Waals surface area contributed by atoms with Crippen molar-refractivity contribution >= 4 is 17.8 Å². The van der Waals surface area contributed by atoms with Gasteiger partial charge in [-0.15, -0.1) is 0 Å². The molecule has 2 rings (SSSR count). The Morgan fingerprint density at radius 3 is 2.05 bits per heavy atom. The lowest BCUT2D eigenvalue weighted by atomic mass is 10.3. The van der Waals surface area contributed by atoms with Crippen LogP contribution in [0.2, 0.25) is 0 Å². The number of halogens is 3. The molecule has 1 fully saturated rings. The van der Waals surface area contributed by atoms with Gasteiger partial charge in [0.2, 0.25) is 5.95 Å². The number of amides is 1. The number of carboxylic acid groups (broad SMARTS) is 1. The monoisotopic (exact) mass is 304 g/mol. The Balaban J connectivity index is 1.98. The molecule has 0 aromatic carbocycles. The van der Waals surface area contributed by atoms with Gasteiger partial charge in [-0.25, -0.2) is 14.8 Å². The molecule has 0 unspecified atom stereocenters. The van der Waals surface area contributed by atoms with Gasteiger partial charge in [-0.2, -0.15) is 13.2 Å². The molecule has 0 bridgehead atoms. The molecule has 1 N–H and O–H groups in total. The number of hydrogen-bond donors (Lipinski definition) is 1. The Bertz CT molecular complexity index is 539. The van der Waals surface area contributed by atoms with Crippen molar-refractivity contribution in [3.05, 3.63) is 18.0 Å². The molecule has 0 saturated carbocycles. The first-order chi connectivity index (χ1) is 9.79. The van der Waals surface area contributed by atoms with Gasteiger partial charge < -0.3 is 14.9 Å². The van der Waals surface area contributed by atoms with E-state index in [4.69, 9.17) is 5.11 Å². The number of hydrogen-bond acceptors (Lipinski definition) is 5. The van der Waals surface area contributed by atoms with Crippen LogP contribution in [0.4, 0.5) is 19.1 Å². The third kappa shape index (κ3) is 3.38. The fraction of sp³-hybridized carbons (Fsp3) is 0.455. The molecule has 1 saturated heterocycles. The molecule has 10 heteroatoms. The molecule has 2 heterocycles. The summed E-state index contributed by atoms with van der Waals surface area (Å²) in [6.07, 6.45) is -2.63. The number of aromatic carboxylic acids is 1. The second-order valence-electron chi connectivity index (χ2n) is 4.35. The predicted octanol–water partition coefficient (Wildman–Crippen LogP) is 0.386. The number of piperazine rings is 1. The van der Waals surface area contributed by atoms with E-state index >= 15 is 0 Å². The van der Waals surface area contributed by atoms with Gasteiger partial charge in [0.05, 0.1) is 5.56 Å². The Morgan fingerprint density at radius 1 is 1.10 bits per heavy atom. The van der Waals surface area contributed by atoms with E-state index < -0.39 is 18.1 Å². The average molecular weight is 304 g/mol. The third-order valence-corrected chi connectivity index (χ3v) is 2.98. The first-order valence-electron chi connectivity index (χ1n) is 5.95. The highest BCUT2D eigenvalue weighted by molar-refractivity contribution is 5.86. The molecular weight excluding hydrogens is 293 g/mol. The van der Waals surface area contributed by atoms with Crippen molar-refractivity contribution in [2.75, 3.05) is 31.1 Å². The van der Waals surface area contributed by atoms with Gasteiger partial charge in [0.1, 0.15) is 0 Å². The highest BCUT2D eigenvalue weighted by Crippen LogP contribution is 2.20. The number of nitrogens with zero attached hydrogens (tertiary/aromatic N) is 4. The van der Waals surface area contributed by atoms with Crippen molar-refractivity contribution in [1.29, 1.82) is 0 Å². The van der Waals surface area contributed by atoms with Gasteiger partial charge in [0.25, 0.3) is 0 Å². The van der Waals surface area contributed by atoms with Crippen LogP contribution >= 0.6 is 0 Å². The highest BCUT2D eigenvalue weighted by Gasteiger charge is 2.43. The fourth-order valence-corrected chi connectivity index (χ4v) is 1.88. The van der Waals surface area contributed by atoms with Crippen LogP contribution < -0.4 is 4.90 Å². The van der Waals surface area contributed by atoms with Crippen LogP contribution in [0.5, 0.6) is 0 Å². The molecule has 1 aliphatic heterocycles. The first kappa shape index (κ1) is 15.0. The number of aromatic nitrogens is 2. The summed E-state index contributed by atoms with van der Waals surface area (Å²) in [4.78, 5) is 31.7. The van der Waals surface area contributed by atoms with Crippen molar-refractivity contribution in [1.82, 2.24) is 14.9 Å². The third-order valence-electron chi connectivity index (χ3n) is 2.98. The maximum absolute atomic E-state index is 12.3. The molecule has 1 amide bonds. The van der Waals surface area contributed by atoms with E-state index in [1.807, 2.05) is 0 Å². The van der Waals surface area contributed by atoms with Gasteiger partial charge >= 0.3 is 18.1 Å². The van der Waals surface area contributed by atoms with Gasteiger partial charge in [-0.1, -0.05) is 0 Å². The van der Waals surface area contributed by atoms with E-state index in [2.05, 4.69) is 9.97 Å². The quantitative estimate of drug-likeness (QED) is 0.850. The molecule has 0 spiro atoms. The van der Waals surface area contributed by atoms with Gasteiger partial charge in [-0.3, -0.25) is 4.79 Å². The second kappa shape index (κ2) is 5.54. The predicted molar refractivity (Wildman–Crippen MR) is 63.8 cm³/mol. The normalized spacial score (nSPS) is 16.0. The zero-order valence-electron chi connectivity index (χ0n) is 10.7. The molecule has 1 aliphatic rings. The van der Waals surface area contributed by atoms with E-state index in [-0.39, 0.29) is 37.7 Å². The highest BCUT2D eigenvalue weighted by atomic mass is 19.4. The minimum atomic E-state index is -4.87. The van der Waals surface area contributed by atoms with Crippen LogP contribution in [0, 0.1) is 0 Å². The lowest BCUT2D eigenvalue weighted by Crippen LogP contribution is -2.52. The van der Waals surface area contributed by atoms with Crippen LogP contribution in [-0.4, -0.2) is 64.2 Å². The standard InChI is InChI=1S/C11H11F3N4O3/c12-11(13,14)9(21)17-1-3-18(4-2-17)10-15-5-7(6-16-10)8(19)20/h5-6H,1-4H2,(H,19,20). The van der Waals surface area contributed by atoms with Crippen molar-refractivity contribution < 1.29 is 27.9 Å². The minimum Gasteiger partial charge on any atom is -0.478 e. The largest absolute Gasteiger partial charge is 0.478 e. The molecule has 1 aromatic heterocycles. The van der Waals surface area contributed by atoms with Crippen molar-refractivity contribution in [2.45, 2.75) is 6.18 Å². The summed E-state index contributed by atoms with van der Waals surface area (Å²) in [6, 6.07) is 0. The van der Waals surface area contributed by atoms with Crippen LogP contribution in [0.1, 0.15) is 10.4 Å². The van der Waals surface area contributed by atoms with Crippen LogP contribution in [0.15, 0.2) is 12.4 Å². The van der Waals surface area contributed by atoms with Crippen LogP contribution in [-0.2, 0) is 4.79 Å². The maximum Gasteiger partial charge on any atom is 0.471 e. The minimum absolute atomic E-state index is 0.0790. The number of carboxylic acids is 1. The zero-order valence-corrected chi connectivity index (χ0v) is 10.7. The molecule has 21 heavy (non-hydrogen) atoms. The molecule has 114 valence electrons. The lowest BCUT2D eigenvalue weighted by molar-refractivity contribution is -0.185. The number of alkyl halides is 3. The molecule has 0 atom stereocenters. The van der Waals surface area contributed by atoms with Gasteiger partial charge in [0.15, 0.2) is 0 Å². The van der Waals surface area contributed by atoms with E-state index in [9.17, 15) is 22.8 Å². The van der Waals surface area contributed by atoms with E-state index in [1.54, 1.807) is 4.90 Å². The fourth-order valence-electron chi connectivity index (χ4n) is 1.88. The Morgan fingerprint density at radius 2 is 1.62 bits per heavy atom. The number of anilines is 1. The topological polar surface area (TPSA) is 86.6 Å². The van der Waals surface area contributed by atoms with E-state index in [0.717, 1.165) is 17.3 Å². The summed E-state index contributed by atoms with van der Waals surface area (Å²) in [5.41, 5.74) is -0.0790. The molecule has 1 aromatic rings. The Kier molecular flexibility index (Phi) is 3.96. The number of carbonyl (C=O) groups excluding carboxylic acids is 1. The average Bonchev–Trinajstić information content (AvgIpc) is 2.46. The maximum atomic E-state index is 12.3. The van der Waals surface area contributed by atoms with Gasteiger partial charge in [0, 0.05) is 38.6 Å². The van der Waals surface area contributed by atoms with Crippen molar-refractivity contribution in [3.8, 4) is 0 Å². The summed E-state index contributed by atoms with van der Waals surface area (Å²) in [5, 5.41) is 8.71. The van der Waals surface area contributed by atoms with E-state index in [1.165, 1.54) is 0 Å². The smallest absolute Gasteiger partial charge is 0.471 e. The molecule has 0 aliphatic carbocycles. The van der Waals surface area contributed by atoms with E-state index in [0.29, 0.717) is 0 Å². The Hall–Kier alpha value is -2.39. The van der Waals surface area contributed by atoms with Crippen molar-refractivity contribution in [2.24, 2.45) is 0 Å². The summed E-state index contributed by atoms with van der Waals surface area (Å²) in [7, 11) is 0.